The van der Waals surface area contributed by atoms with Crippen LogP contribution in [0, 0.1) is 0 Å². The molecule has 0 saturated heterocycles. The Hall–Kier alpha value is -3.91. The smallest absolute Gasteiger partial charge is 0.264 e. The van der Waals surface area contributed by atoms with Crippen LogP contribution in [0.25, 0.3) is 10.9 Å². The Morgan fingerprint density at radius 1 is 1.00 bits per heavy atom. The summed E-state index contributed by atoms with van der Waals surface area (Å²) in [6.07, 6.45) is 1.66. The molecule has 0 spiro atoms. The second-order valence-corrected chi connectivity index (χ2v) is 9.06. The van der Waals surface area contributed by atoms with Crippen molar-refractivity contribution in [2.75, 3.05) is 23.3 Å². The van der Waals surface area contributed by atoms with Crippen molar-refractivity contribution < 1.29 is 17.9 Å². The molecule has 8 heteroatoms. The third-order valence-corrected chi connectivity index (χ3v) is 7.13. The maximum atomic E-state index is 13.4. The fourth-order valence-electron chi connectivity index (χ4n) is 3.65. The highest BCUT2D eigenvalue weighted by Crippen LogP contribution is 2.31. The van der Waals surface area contributed by atoms with E-state index in [0.717, 1.165) is 0 Å². The van der Waals surface area contributed by atoms with E-state index in [1.807, 2.05) is 18.2 Å². The molecule has 0 aliphatic carbocycles. The van der Waals surface area contributed by atoms with Crippen LogP contribution in [0.5, 0.6) is 5.75 Å². The molecule has 4 aromatic rings. The fourth-order valence-corrected chi connectivity index (χ4v) is 5.15. The van der Waals surface area contributed by atoms with E-state index in [2.05, 4.69) is 10.3 Å². The first-order valence-electron chi connectivity index (χ1n) is 10.4. The van der Waals surface area contributed by atoms with E-state index in [1.165, 1.54) is 29.6 Å². The zero-order valence-corrected chi connectivity index (χ0v) is 19.0. The number of nitrogens with one attached hydrogen (secondary N) is 1. The fraction of sp³-hybridized carbons (Fsp3) is 0.120. The van der Waals surface area contributed by atoms with Crippen LogP contribution in [0.15, 0.2) is 90.0 Å². The highest BCUT2D eigenvalue weighted by Gasteiger charge is 2.25. The minimum absolute atomic E-state index is 0.0453. The van der Waals surface area contributed by atoms with Crippen LogP contribution in [-0.2, 0) is 10.0 Å². The molecular formula is C25H23N3O4S. The molecule has 0 bridgehead atoms. The van der Waals surface area contributed by atoms with Crippen molar-refractivity contribution in [2.24, 2.45) is 0 Å². The molecular weight excluding hydrogens is 438 g/mol. The molecule has 0 atom stereocenters. The summed E-state index contributed by atoms with van der Waals surface area (Å²) in [6.45, 7) is 2.02. The van der Waals surface area contributed by atoms with Gasteiger partial charge in [-0.3, -0.25) is 14.1 Å². The number of anilines is 2. The number of fused-ring (bicyclic) bond motifs is 1. The molecule has 33 heavy (non-hydrogen) atoms. The number of para-hydroxylation sites is 1. The van der Waals surface area contributed by atoms with Crippen molar-refractivity contribution in [1.29, 1.82) is 0 Å². The zero-order chi connectivity index (χ0) is 23.4. The van der Waals surface area contributed by atoms with Crippen LogP contribution in [0.3, 0.4) is 0 Å². The van der Waals surface area contributed by atoms with Gasteiger partial charge in [-0.05, 0) is 55.5 Å². The Kier molecular flexibility index (Phi) is 6.28. The average molecular weight is 462 g/mol. The number of sulfonamides is 1. The second-order valence-electron chi connectivity index (χ2n) is 7.20. The number of ether oxygens (including phenoxy) is 1. The summed E-state index contributed by atoms with van der Waals surface area (Å²) in [7, 11) is -2.41. The number of pyridine rings is 1. The lowest BCUT2D eigenvalue weighted by Crippen LogP contribution is -2.30. The van der Waals surface area contributed by atoms with Gasteiger partial charge in [0.05, 0.1) is 28.9 Å². The van der Waals surface area contributed by atoms with E-state index in [-0.39, 0.29) is 17.1 Å². The van der Waals surface area contributed by atoms with Crippen LogP contribution in [-0.4, -0.2) is 33.0 Å². The van der Waals surface area contributed by atoms with Crippen LogP contribution >= 0.6 is 0 Å². The van der Waals surface area contributed by atoms with Gasteiger partial charge in [-0.2, -0.15) is 0 Å². The molecule has 0 saturated carbocycles. The van der Waals surface area contributed by atoms with Crippen LogP contribution in [0.2, 0.25) is 0 Å². The molecule has 1 N–H and O–H groups in total. The highest BCUT2D eigenvalue weighted by molar-refractivity contribution is 7.92. The number of methoxy groups -OCH3 is 1. The van der Waals surface area contributed by atoms with E-state index in [9.17, 15) is 13.2 Å². The van der Waals surface area contributed by atoms with E-state index >= 15 is 0 Å². The number of hydrogen-bond donors (Lipinski definition) is 1. The average Bonchev–Trinajstić information content (AvgIpc) is 2.84. The predicted octanol–water partition coefficient (Wildman–Crippen LogP) is 4.71. The monoisotopic (exact) mass is 461 g/mol. The first-order valence-corrected chi connectivity index (χ1v) is 11.8. The Morgan fingerprint density at radius 3 is 2.52 bits per heavy atom. The molecule has 0 radical (unpaired) electrons. The summed E-state index contributed by atoms with van der Waals surface area (Å²) in [5, 5.41) is 3.50. The largest absolute Gasteiger partial charge is 0.495 e. The van der Waals surface area contributed by atoms with Crippen molar-refractivity contribution in [3.05, 3.63) is 90.6 Å². The summed E-state index contributed by atoms with van der Waals surface area (Å²) in [6, 6.07) is 22.1. The number of benzene rings is 3. The van der Waals surface area contributed by atoms with Crippen LogP contribution < -0.4 is 14.4 Å². The van der Waals surface area contributed by atoms with E-state index in [1.54, 1.807) is 55.6 Å². The van der Waals surface area contributed by atoms with Gasteiger partial charge >= 0.3 is 0 Å². The summed E-state index contributed by atoms with van der Waals surface area (Å²) in [5.41, 5.74) is 1.93. The molecule has 168 valence electrons. The Morgan fingerprint density at radius 2 is 1.79 bits per heavy atom. The third kappa shape index (κ3) is 4.38. The molecule has 0 aliphatic rings. The summed E-state index contributed by atoms with van der Waals surface area (Å²) in [5.74, 6) is -0.0414. The second kappa shape index (κ2) is 9.30. The number of carbonyl (C=O) groups excluding carboxylic acids is 1. The summed E-state index contributed by atoms with van der Waals surface area (Å²) < 4.78 is 33.5. The van der Waals surface area contributed by atoms with Gasteiger partial charge in [0.1, 0.15) is 5.75 Å². The van der Waals surface area contributed by atoms with E-state index in [4.69, 9.17) is 4.74 Å². The first-order chi connectivity index (χ1) is 16.0. The molecule has 3 aromatic carbocycles. The normalized spacial score (nSPS) is 11.2. The van der Waals surface area contributed by atoms with Gasteiger partial charge in [0.2, 0.25) is 0 Å². The quantitative estimate of drug-likeness (QED) is 0.431. The maximum absolute atomic E-state index is 13.4. The number of aromatic nitrogens is 1. The number of hydrogen-bond acceptors (Lipinski definition) is 5. The number of rotatable bonds is 7. The number of amides is 1. The summed E-state index contributed by atoms with van der Waals surface area (Å²) >= 11 is 0. The topological polar surface area (TPSA) is 88.6 Å². The number of nitrogens with zero attached hydrogens (tertiary/aromatic N) is 2. The number of carbonyl (C=O) groups is 1. The van der Waals surface area contributed by atoms with Crippen molar-refractivity contribution in [3.63, 3.8) is 0 Å². The lowest BCUT2D eigenvalue weighted by molar-refractivity contribution is 0.102. The molecule has 4 rings (SSSR count). The van der Waals surface area contributed by atoms with Crippen molar-refractivity contribution >= 4 is 38.2 Å². The molecule has 0 unspecified atom stereocenters. The van der Waals surface area contributed by atoms with Crippen molar-refractivity contribution in [2.45, 2.75) is 11.8 Å². The highest BCUT2D eigenvalue weighted by atomic mass is 32.2. The Balaban J connectivity index is 1.72. The maximum Gasteiger partial charge on any atom is 0.264 e. The van der Waals surface area contributed by atoms with Gasteiger partial charge in [-0.15, -0.1) is 0 Å². The molecule has 0 fully saturated rings. The Bertz CT molecular complexity index is 1400. The van der Waals surface area contributed by atoms with Crippen molar-refractivity contribution in [1.82, 2.24) is 4.98 Å². The Labute approximate surface area is 192 Å². The van der Waals surface area contributed by atoms with E-state index < -0.39 is 15.9 Å². The lowest BCUT2D eigenvalue weighted by Gasteiger charge is -2.23. The lowest BCUT2D eigenvalue weighted by atomic mass is 10.1. The van der Waals surface area contributed by atoms with Crippen LogP contribution in [0.4, 0.5) is 11.4 Å². The van der Waals surface area contributed by atoms with Gasteiger partial charge in [-0.25, -0.2) is 8.42 Å². The van der Waals surface area contributed by atoms with Gasteiger partial charge in [0.15, 0.2) is 0 Å². The molecule has 1 heterocycles. The minimum atomic E-state index is -3.87. The van der Waals surface area contributed by atoms with Gasteiger partial charge < -0.3 is 10.1 Å². The van der Waals surface area contributed by atoms with Crippen LogP contribution in [0.1, 0.15) is 17.3 Å². The standard InChI is InChI=1S/C25H23N3O4S/c1-3-28(18-9-5-4-6-10-18)33(30,31)19-14-15-24(32-2)23(17-19)27-25(29)21-11-7-13-22-20(21)12-8-16-26-22/h4-17H,3H2,1-2H3,(H,27,29). The van der Waals surface area contributed by atoms with Crippen molar-refractivity contribution in [3.8, 4) is 5.75 Å². The SMILES string of the molecule is CCN(c1ccccc1)S(=O)(=O)c1ccc(OC)c(NC(=O)c2cccc3ncccc23)c1. The predicted molar refractivity (Wildman–Crippen MR) is 129 cm³/mol. The first kappa shape index (κ1) is 22.3. The van der Waals surface area contributed by atoms with Gasteiger partial charge in [0.25, 0.3) is 15.9 Å². The summed E-state index contributed by atoms with van der Waals surface area (Å²) in [4.78, 5) is 17.4. The molecule has 1 amide bonds. The third-order valence-electron chi connectivity index (χ3n) is 5.23. The zero-order valence-electron chi connectivity index (χ0n) is 18.2. The molecule has 7 nitrogen and oxygen atoms in total. The molecule has 0 aliphatic heterocycles. The molecule has 1 aromatic heterocycles. The minimum Gasteiger partial charge on any atom is -0.495 e. The van der Waals surface area contributed by atoms with Gasteiger partial charge in [-0.1, -0.05) is 30.3 Å². The van der Waals surface area contributed by atoms with Gasteiger partial charge in [0, 0.05) is 23.7 Å². The van der Waals surface area contributed by atoms with E-state index in [0.29, 0.717) is 27.9 Å².